The molecule has 0 saturated heterocycles. The molecule has 1 aliphatic heterocycles. The van der Waals surface area contributed by atoms with Crippen LogP contribution in [-0.2, 0) is 9.59 Å². The normalized spacial score (nSPS) is 27.9. The Hall–Kier alpha value is -2.91. The van der Waals surface area contributed by atoms with E-state index < -0.39 is 24.0 Å². The molecule has 0 unspecified atom stereocenters. The maximum absolute atomic E-state index is 12.9. The Kier molecular flexibility index (Phi) is 8.23. The molecule has 0 spiro atoms. The Bertz CT molecular complexity index is 1070. The zero-order valence-electron chi connectivity index (χ0n) is 22.3. The highest BCUT2D eigenvalue weighted by atomic mass is 16.5. The number of carbonyl (C=O) groups excluding carboxylic acids is 3. The third-order valence-electron chi connectivity index (χ3n) is 8.27. The van der Waals surface area contributed by atoms with Crippen molar-refractivity contribution in [3.63, 3.8) is 0 Å². The first-order valence-corrected chi connectivity index (χ1v) is 13.2. The lowest BCUT2D eigenvalue weighted by atomic mass is 9.49. The number of aryl methyl sites for hydroxylation is 1. The number of nitrogens with zero attached hydrogens (tertiary/aromatic N) is 1. The van der Waals surface area contributed by atoms with Crippen molar-refractivity contribution in [3.8, 4) is 5.75 Å². The topological polar surface area (TPSA) is 120 Å². The lowest BCUT2D eigenvalue weighted by Crippen LogP contribution is -2.54. The Labute approximate surface area is 219 Å². The van der Waals surface area contributed by atoms with Crippen molar-refractivity contribution >= 4 is 17.7 Å². The molecule has 1 aromatic rings. The van der Waals surface area contributed by atoms with Crippen LogP contribution in [0.5, 0.6) is 5.75 Å². The van der Waals surface area contributed by atoms with Crippen molar-refractivity contribution in [2.75, 3.05) is 39.3 Å². The molecule has 1 fully saturated rings. The van der Waals surface area contributed by atoms with Crippen LogP contribution in [0.15, 0.2) is 29.8 Å². The number of hydrogen-bond donors (Lipinski definition) is 4. The molecule has 0 radical (unpaired) electrons. The summed E-state index contributed by atoms with van der Waals surface area (Å²) < 4.78 is 5.84. The monoisotopic (exact) mass is 512 g/mol. The molecule has 9 heteroatoms. The first-order valence-electron chi connectivity index (χ1n) is 13.2. The van der Waals surface area contributed by atoms with E-state index in [1.54, 1.807) is 18.2 Å². The van der Waals surface area contributed by atoms with Crippen LogP contribution in [0, 0.1) is 24.2 Å². The number of carbonyl (C=O) groups is 3. The van der Waals surface area contributed by atoms with Gasteiger partial charge in [0.1, 0.15) is 18.4 Å². The minimum atomic E-state index is -1.11. The molecular weight excluding hydrogens is 472 g/mol. The van der Waals surface area contributed by atoms with Crippen molar-refractivity contribution in [2.24, 2.45) is 17.3 Å². The molecule has 4 aliphatic rings. The third kappa shape index (κ3) is 6.15. The maximum atomic E-state index is 12.9. The fourth-order valence-corrected chi connectivity index (χ4v) is 5.71. The summed E-state index contributed by atoms with van der Waals surface area (Å²) in [4.78, 5) is 40.6. The molecule has 1 heterocycles. The van der Waals surface area contributed by atoms with Gasteiger partial charge in [-0.05, 0) is 61.6 Å². The number of nitrogens with one attached hydrogen (secondary N) is 3. The van der Waals surface area contributed by atoms with Crippen LogP contribution in [0.2, 0.25) is 0 Å². The molecule has 4 bridgehead atoms. The van der Waals surface area contributed by atoms with Crippen LogP contribution in [-0.4, -0.2) is 79.2 Å². The predicted octanol–water partition coefficient (Wildman–Crippen LogP) is 1.39. The molecule has 37 heavy (non-hydrogen) atoms. The molecular formula is C28H40N4O5. The molecule has 5 rings (SSSR count). The quantitative estimate of drug-likeness (QED) is 0.455. The van der Waals surface area contributed by atoms with Gasteiger partial charge in [-0.25, -0.2) is 0 Å². The minimum absolute atomic E-state index is 0.106. The average Bonchev–Trinajstić information content (AvgIpc) is 2.85. The molecule has 3 amide bonds. The van der Waals surface area contributed by atoms with Crippen molar-refractivity contribution in [2.45, 2.75) is 52.7 Å². The Balaban J connectivity index is 1.50. The zero-order valence-corrected chi connectivity index (χ0v) is 22.3. The fourth-order valence-electron chi connectivity index (χ4n) is 5.71. The number of hydrogen-bond acceptors (Lipinski definition) is 6. The summed E-state index contributed by atoms with van der Waals surface area (Å²) in [5, 5.41) is 18.6. The van der Waals surface area contributed by atoms with E-state index in [0.29, 0.717) is 36.9 Å². The second-order valence-electron chi connectivity index (χ2n) is 11.2. The average molecular weight is 513 g/mol. The summed E-state index contributed by atoms with van der Waals surface area (Å²) in [6, 6.07) is 3.90. The second-order valence-corrected chi connectivity index (χ2v) is 11.2. The van der Waals surface area contributed by atoms with Gasteiger partial charge in [0.2, 0.25) is 11.8 Å². The number of allylic oxidation sites excluding steroid dienone is 1. The smallest absolute Gasteiger partial charge is 0.252 e. The highest BCUT2D eigenvalue weighted by Gasteiger charge is 2.51. The van der Waals surface area contributed by atoms with Gasteiger partial charge in [0, 0.05) is 25.2 Å². The van der Waals surface area contributed by atoms with Gasteiger partial charge in [0.05, 0.1) is 19.2 Å². The number of aliphatic hydroxyl groups is 1. The summed E-state index contributed by atoms with van der Waals surface area (Å²) in [5.74, 6) is 0.726. The standard InChI is InChI=1S/C28H40N4O5/c1-17-5-6-19-13-23(17)37-12-10-29-24(34)16-32(15-20-7-8-21-14-22(20)28(21,3)4)11-9-30-27(36)25(18(2)33)31-26(19)35/h5-7,13,18,21-22,25,33H,8-12,14-16H2,1-4H3,(H,29,34)(H,30,36)(H,31,35)/t18-,21+,22+,25+/m1/s1. The van der Waals surface area contributed by atoms with E-state index >= 15 is 0 Å². The molecule has 0 aromatic heterocycles. The Morgan fingerprint density at radius 3 is 2.68 bits per heavy atom. The van der Waals surface area contributed by atoms with Gasteiger partial charge in [-0.1, -0.05) is 31.6 Å². The zero-order chi connectivity index (χ0) is 26.7. The van der Waals surface area contributed by atoms with Gasteiger partial charge in [-0.2, -0.15) is 0 Å². The SMILES string of the molecule is Cc1ccc2cc1OCCNC(=O)CN(CC1=CC[C@H]3C[C@@H]1C3(C)C)CCNC(=O)[C@H]([C@@H](C)O)NC2=O. The summed E-state index contributed by atoms with van der Waals surface area (Å²) in [6.07, 6.45) is 3.51. The minimum Gasteiger partial charge on any atom is -0.491 e. The van der Waals surface area contributed by atoms with E-state index in [-0.39, 0.29) is 31.0 Å². The number of amides is 3. The van der Waals surface area contributed by atoms with Gasteiger partial charge in [-0.3, -0.25) is 19.3 Å². The van der Waals surface area contributed by atoms with Crippen LogP contribution in [0.3, 0.4) is 0 Å². The van der Waals surface area contributed by atoms with Gasteiger partial charge < -0.3 is 25.8 Å². The summed E-state index contributed by atoms with van der Waals surface area (Å²) in [5.41, 5.74) is 2.82. The number of ether oxygens (including phenoxy) is 1. The predicted molar refractivity (Wildman–Crippen MR) is 140 cm³/mol. The van der Waals surface area contributed by atoms with Crippen LogP contribution in [0.25, 0.3) is 0 Å². The van der Waals surface area contributed by atoms with Crippen LogP contribution >= 0.6 is 0 Å². The summed E-state index contributed by atoms with van der Waals surface area (Å²) >= 11 is 0. The van der Waals surface area contributed by atoms with E-state index in [1.807, 2.05) is 6.92 Å². The van der Waals surface area contributed by atoms with Crippen molar-refractivity contribution < 1.29 is 24.2 Å². The maximum Gasteiger partial charge on any atom is 0.252 e. The lowest BCUT2D eigenvalue weighted by molar-refractivity contribution is -0.125. The number of rotatable bonds is 3. The molecule has 4 N–H and O–H groups in total. The number of benzene rings is 1. The van der Waals surface area contributed by atoms with Crippen LogP contribution in [0.1, 0.15) is 49.5 Å². The first-order chi connectivity index (χ1) is 17.6. The molecule has 3 aliphatic carbocycles. The van der Waals surface area contributed by atoms with Gasteiger partial charge in [0.25, 0.3) is 5.91 Å². The van der Waals surface area contributed by atoms with Crippen molar-refractivity contribution in [1.82, 2.24) is 20.9 Å². The van der Waals surface area contributed by atoms with E-state index in [1.165, 1.54) is 18.9 Å². The van der Waals surface area contributed by atoms with E-state index in [0.717, 1.165) is 17.9 Å². The molecule has 1 saturated carbocycles. The van der Waals surface area contributed by atoms with Crippen molar-refractivity contribution in [3.05, 3.63) is 41.0 Å². The Morgan fingerprint density at radius 2 is 1.97 bits per heavy atom. The fraction of sp³-hybridized carbons (Fsp3) is 0.607. The third-order valence-corrected chi connectivity index (χ3v) is 8.27. The molecule has 9 nitrogen and oxygen atoms in total. The van der Waals surface area contributed by atoms with Crippen LogP contribution < -0.4 is 20.7 Å². The summed E-state index contributed by atoms with van der Waals surface area (Å²) in [7, 11) is 0. The Morgan fingerprint density at radius 1 is 1.19 bits per heavy atom. The lowest BCUT2D eigenvalue weighted by Gasteiger charge is -2.57. The second kappa shape index (κ2) is 11.2. The van der Waals surface area contributed by atoms with Crippen LogP contribution in [0.4, 0.5) is 0 Å². The largest absolute Gasteiger partial charge is 0.491 e. The molecule has 4 atom stereocenters. The molecule has 202 valence electrons. The van der Waals surface area contributed by atoms with Gasteiger partial charge in [-0.15, -0.1) is 0 Å². The summed E-state index contributed by atoms with van der Waals surface area (Å²) in [6.45, 7) is 10.2. The highest BCUT2D eigenvalue weighted by Crippen LogP contribution is 2.59. The van der Waals surface area contributed by atoms with E-state index in [2.05, 4.69) is 40.8 Å². The highest BCUT2D eigenvalue weighted by molar-refractivity contribution is 5.98. The van der Waals surface area contributed by atoms with Gasteiger partial charge >= 0.3 is 0 Å². The van der Waals surface area contributed by atoms with Crippen molar-refractivity contribution in [1.29, 1.82) is 0 Å². The number of fused-ring (bicyclic) bond motifs is 3. The molecule has 1 aromatic carbocycles. The van der Waals surface area contributed by atoms with E-state index in [4.69, 9.17) is 4.74 Å². The first kappa shape index (κ1) is 27.1. The van der Waals surface area contributed by atoms with Gasteiger partial charge in [0.15, 0.2) is 0 Å². The number of aliphatic hydroxyl groups excluding tert-OH is 1. The van der Waals surface area contributed by atoms with E-state index in [9.17, 15) is 19.5 Å².